The van der Waals surface area contributed by atoms with E-state index in [-0.39, 0.29) is 5.69 Å². The number of nitrogens with one attached hydrogen (secondary N) is 2. The molecule has 0 radical (unpaired) electrons. The Morgan fingerprint density at radius 2 is 1.79 bits per heavy atom. The molecule has 4 rings (SSSR count). The minimum atomic E-state index is -0.486. The van der Waals surface area contributed by atoms with Gasteiger partial charge in [-0.3, -0.25) is 10.1 Å². The quantitative estimate of drug-likeness (QED) is 0.509. The van der Waals surface area contributed by atoms with Crippen LogP contribution in [0.3, 0.4) is 0 Å². The van der Waals surface area contributed by atoms with Crippen LogP contribution in [0.2, 0.25) is 0 Å². The molecule has 0 atom stereocenters. The SMILES string of the molecule is O=C(Nc1ccc([N+](=O)[O-])cc1)Nc1cccc(-c2nnc3n2CCCCC3)c1. The maximum Gasteiger partial charge on any atom is 0.323 e. The summed E-state index contributed by atoms with van der Waals surface area (Å²) in [5, 5.41) is 24.8. The van der Waals surface area contributed by atoms with Gasteiger partial charge < -0.3 is 15.2 Å². The number of carbonyl (C=O) groups excluding carboxylic acids is 1. The Balaban J connectivity index is 1.47. The van der Waals surface area contributed by atoms with Gasteiger partial charge in [-0.25, -0.2) is 4.79 Å². The number of non-ortho nitro benzene ring substituents is 1. The van der Waals surface area contributed by atoms with Gasteiger partial charge >= 0.3 is 6.03 Å². The molecular formula is C20H20N6O3. The molecule has 0 spiro atoms. The zero-order valence-corrected chi connectivity index (χ0v) is 15.7. The Labute approximate surface area is 166 Å². The van der Waals surface area contributed by atoms with Crippen LogP contribution in [0.15, 0.2) is 48.5 Å². The molecule has 0 saturated heterocycles. The Bertz CT molecular complexity index is 1040. The van der Waals surface area contributed by atoms with Crippen LogP contribution in [-0.4, -0.2) is 25.7 Å². The van der Waals surface area contributed by atoms with E-state index < -0.39 is 11.0 Å². The van der Waals surface area contributed by atoms with Crippen molar-refractivity contribution in [3.63, 3.8) is 0 Å². The van der Waals surface area contributed by atoms with E-state index >= 15 is 0 Å². The van der Waals surface area contributed by atoms with Crippen LogP contribution in [0.5, 0.6) is 0 Å². The van der Waals surface area contributed by atoms with E-state index in [4.69, 9.17) is 0 Å². The van der Waals surface area contributed by atoms with Crippen LogP contribution in [0, 0.1) is 10.1 Å². The third-order valence-electron chi connectivity index (χ3n) is 4.82. The standard InChI is InChI=1S/C20H20N6O3/c27-20(21-15-8-10-17(11-9-15)26(28)29)22-16-6-4-5-14(13-16)19-24-23-18-7-2-1-3-12-25(18)19/h4-6,8-11,13H,1-3,7,12H2,(H2,21,22,27). The molecule has 2 heterocycles. The Kier molecular flexibility index (Phi) is 5.19. The molecule has 29 heavy (non-hydrogen) atoms. The molecule has 1 aromatic heterocycles. The molecular weight excluding hydrogens is 372 g/mol. The minimum Gasteiger partial charge on any atom is -0.311 e. The predicted molar refractivity (Wildman–Crippen MR) is 109 cm³/mol. The number of aromatic nitrogens is 3. The normalized spacial score (nSPS) is 13.2. The summed E-state index contributed by atoms with van der Waals surface area (Å²) in [6, 6.07) is 12.7. The summed E-state index contributed by atoms with van der Waals surface area (Å²) in [6.07, 6.45) is 4.35. The first kappa shape index (κ1) is 18.6. The van der Waals surface area contributed by atoms with Crippen LogP contribution in [0.4, 0.5) is 21.9 Å². The van der Waals surface area contributed by atoms with Crippen molar-refractivity contribution in [2.24, 2.45) is 0 Å². The highest BCUT2D eigenvalue weighted by Crippen LogP contribution is 2.25. The van der Waals surface area contributed by atoms with E-state index in [0.717, 1.165) is 43.0 Å². The van der Waals surface area contributed by atoms with Gasteiger partial charge in [0.25, 0.3) is 5.69 Å². The summed E-state index contributed by atoms with van der Waals surface area (Å²) < 4.78 is 2.16. The van der Waals surface area contributed by atoms with Gasteiger partial charge in [0.2, 0.25) is 0 Å². The van der Waals surface area contributed by atoms with Crippen LogP contribution in [0.1, 0.15) is 25.1 Å². The van der Waals surface area contributed by atoms with Gasteiger partial charge in [0.1, 0.15) is 5.82 Å². The van der Waals surface area contributed by atoms with E-state index in [1.165, 1.54) is 30.7 Å². The molecule has 148 valence electrons. The first-order valence-electron chi connectivity index (χ1n) is 9.45. The molecule has 3 aromatic rings. The fourth-order valence-electron chi connectivity index (χ4n) is 3.39. The van der Waals surface area contributed by atoms with Crippen LogP contribution in [-0.2, 0) is 13.0 Å². The maximum atomic E-state index is 12.3. The number of hydrogen-bond acceptors (Lipinski definition) is 5. The zero-order valence-electron chi connectivity index (χ0n) is 15.7. The summed E-state index contributed by atoms with van der Waals surface area (Å²) in [7, 11) is 0. The number of urea groups is 1. The number of hydrogen-bond donors (Lipinski definition) is 2. The summed E-state index contributed by atoms with van der Waals surface area (Å²) >= 11 is 0. The molecule has 1 aliphatic heterocycles. The molecule has 9 heteroatoms. The number of nitro groups is 1. The van der Waals surface area contributed by atoms with Crippen molar-refractivity contribution < 1.29 is 9.72 Å². The van der Waals surface area contributed by atoms with Crippen LogP contribution >= 0.6 is 0 Å². The van der Waals surface area contributed by atoms with Gasteiger partial charge in [0.15, 0.2) is 5.82 Å². The van der Waals surface area contributed by atoms with E-state index in [1.807, 2.05) is 18.2 Å². The van der Waals surface area contributed by atoms with Crippen molar-refractivity contribution in [1.82, 2.24) is 14.8 Å². The number of amides is 2. The summed E-state index contributed by atoms with van der Waals surface area (Å²) in [4.78, 5) is 22.5. The molecule has 0 fully saturated rings. The van der Waals surface area contributed by atoms with Crippen molar-refractivity contribution in [1.29, 1.82) is 0 Å². The summed E-state index contributed by atoms with van der Waals surface area (Å²) in [6.45, 7) is 0.899. The lowest BCUT2D eigenvalue weighted by molar-refractivity contribution is -0.384. The van der Waals surface area contributed by atoms with Crippen molar-refractivity contribution in [2.45, 2.75) is 32.2 Å². The third kappa shape index (κ3) is 4.23. The second-order valence-electron chi connectivity index (χ2n) is 6.87. The number of rotatable bonds is 4. The lowest BCUT2D eigenvalue weighted by atomic mass is 10.2. The van der Waals surface area contributed by atoms with Gasteiger partial charge in [-0.05, 0) is 37.1 Å². The number of carbonyl (C=O) groups is 1. The second-order valence-corrected chi connectivity index (χ2v) is 6.87. The average Bonchev–Trinajstić information content (AvgIpc) is 2.97. The fourth-order valence-corrected chi connectivity index (χ4v) is 3.39. The van der Waals surface area contributed by atoms with Gasteiger partial charge in [-0.2, -0.15) is 0 Å². The predicted octanol–water partition coefficient (Wildman–Crippen LogP) is 4.22. The number of benzene rings is 2. The lowest BCUT2D eigenvalue weighted by Gasteiger charge is -2.10. The zero-order chi connectivity index (χ0) is 20.2. The lowest BCUT2D eigenvalue weighted by Crippen LogP contribution is -2.19. The highest BCUT2D eigenvalue weighted by atomic mass is 16.6. The van der Waals surface area contributed by atoms with Crippen molar-refractivity contribution in [2.75, 3.05) is 10.6 Å². The number of fused-ring (bicyclic) bond motifs is 1. The highest BCUT2D eigenvalue weighted by molar-refractivity contribution is 6.00. The monoisotopic (exact) mass is 392 g/mol. The van der Waals surface area contributed by atoms with Gasteiger partial charge in [-0.1, -0.05) is 18.6 Å². The molecule has 0 aliphatic carbocycles. The van der Waals surface area contributed by atoms with Crippen LogP contribution < -0.4 is 10.6 Å². The highest BCUT2D eigenvalue weighted by Gasteiger charge is 2.16. The molecule has 2 N–H and O–H groups in total. The minimum absolute atomic E-state index is 0.0314. The molecule has 2 aromatic carbocycles. The number of anilines is 2. The molecule has 2 amide bonds. The molecule has 0 saturated carbocycles. The number of nitrogens with zero attached hydrogens (tertiary/aromatic N) is 4. The van der Waals surface area contributed by atoms with Crippen molar-refractivity contribution in [3.8, 4) is 11.4 Å². The number of aryl methyl sites for hydroxylation is 1. The second kappa shape index (κ2) is 8.09. The Morgan fingerprint density at radius 3 is 2.59 bits per heavy atom. The molecule has 1 aliphatic rings. The summed E-state index contributed by atoms with van der Waals surface area (Å²) in [5.74, 6) is 1.81. The van der Waals surface area contributed by atoms with Crippen molar-refractivity contribution in [3.05, 3.63) is 64.5 Å². The average molecular weight is 392 g/mol. The molecule has 0 unspecified atom stereocenters. The third-order valence-corrected chi connectivity index (χ3v) is 4.82. The van der Waals surface area contributed by atoms with E-state index in [2.05, 4.69) is 25.4 Å². The van der Waals surface area contributed by atoms with E-state index in [1.54, 1.807) is 6.07 Å². The van der Waals surface area contributed by atoms with Crippen LogP contribution in [0.25, 0.3) is 11.4 Å². The van der Waals surface area contributed by atoms with Gasteiger partial charge in [0.05, 0.1) is 4.92 Å². The van der Waals surface area contributed by atoms with Gasteiger partial charge in [-0.15, -0.1) is 10.2 Å². The Morgan fingerprint density at radius 1 is 1.00 bits per heavy atom. The van der Waals surface area contributed by atoms with E-state index in [0.29, 0.717) is 11.4 Å². The van der Waals surface area contributed by atoms with E-state index in [9.17, 15) is 14.9 Å². The first-order valence-corrected chi connectivity index (χ1v) is 9.45. The first-order chi connectivity index (χ1) is 14.1. The molecule has 9 nitrogen and oxygen atoms in total. The van der Waals surface area contributed by atoms with Crippen molar-refractivity contribution >= 4 is 23.1 Å². The number of nitro benzene ring substituents is 1. The Hall–Kier alpha value is -3.75. The fraction of sp³-hybridized carbons (Fsp3) is 0.250. The summed E-state index contributed by atoms with van der Waals surface area (Å²) in [5.41, 5.74) is 1.94. The topological polar surface area (TPSA) is 115 Å². The largest absolute Gasteiger partial charge is 0.323 e. The van der Waals surface area contributed by atoms with Gasteiger partial charge in [0, 0.05) is 42.0 Å². The molecule has 0 bridgehead atoms. The smallest absolute Gasteiger partial charge is 0.311 e. The maximum absolute atomic E-state index is 12.3.